The van der Waals surface area contributed by atoms with E-state index in [1.165, 1.54) is 12.1 Å². The largest absolute Gasteiger partial charge is 0.357 e. The maximum absolute atomic E-state index is 12.9. The molecule has 1 aromatic carbocycles. The van der Waals surface area contributed by atoms with Crippen molar-refractivity contribution in [3.05, 3.63) is 41.8 Å². The van der Waals surface area contributed by atoms with Gasteiger partial charge >= 0.3 is 0 Å². The summed E-state index contributed by atoms with van der Waals surface area (Å²) in [5.74, 6) is 1.10. The summed E-state index contributed by atoms with van der Waals surface area (Å²) in [6.45, 7) is 1.94. The van der Waals surface area contributed by atoms with Crippen LogP contribution in [0.5, 0.6) is 0 Å². The van der Waals surface area contributed by atoms with Gasteiger partial charge in [0.05, 0.1) is 0 Å². The van der Waals surface area contributed by atoms with Crippen LogP contribution in [0.25, 0.3) is 0 Å². The minimum atomic E-state index is -0.248. The highest BCUT2D eigenvalue weighted by molar-refractivity contribution is 5.62. The molecule has 5 heteroatoms. The van der Waals surface area contributed by atoms with Gasteiger partial charge in [-0.15, -0.1) is 0 Å². The molecule has 2 aromatic rings. The zero-order valence-electron chi connectivity index (χ0n) is 10.6. The molecular formula is C13H15FN4. The second-order valence-electron chi connectivity index (χ2n) is 3.99. The van der Waals surface area contributed by atoms with Crippen molar-refractivity contribution in [2.75, 3.05) is 24.3 Å². The highest BCUT2D eigenvalue weighted by Crippen LogP contribution is 2.25. The molecule has 2 rings (SSSR count). The van der Waals surface area contributed by atoms with Crippen molar-refractivity contribution in [3.63, 3.8) is 0 Å². The molecule has 0 fully saturated rings. The SMILES string of the molecule is CNc1ncc(C)c(N(C)c2ccc(F)cc2)n1. The number of aryl methyl sites for hydroxylation is 1. The first-order valence-electron chi connectivity index (χ1n) is 5.62. The molecule has 0 aliphatic heterocycles. The second kappa shape index (κ2) is 5.00. The lowest BCUT2D eigenvalue weighted by molar-refractivity contribution is 0.628. The van der Waals surface area contributed by atoms with Gasteiger partial charge in [0.1, 0.15) is 11.6 Å². The van der Waals surface area contributed by atoms with Crippen LogP contribution in [0.2, 0.25) is 0 Å². The fraction of sp³-hybridized carbons (Fsp3) is 0.231. The fourth-order valence-electron chi connectivity index (χ4n) is 1.68. The predicted molar refractivity (Wildman–Crippen MR) is 70.8 cm³/mol. The normalized spacial score (nSPS) is 10.2. The third-order valence-electron chi connectivity index (χ3n) is 2.70. The molecule has 1 heterocycles. The zero-order valence-corrected chi connectivity index (χ0v) is 10.6. The van der Waals surface area contributed by atoms with Crippen molar-refractivity contribution in [2.45, 2.75) is 6.92 Å². The number of nitrogens with one attached hydrogen (secondary N) is 1. The number of halogens is 1. The molecule has 0 aliphatic carbocycles. The molecule has 0 atom stereocenters. The third-order valence-corrected chi connectivity index (χ3v) is 2.70. The standard InChI is InChI=1S/C13H15FN4/c1-9-8-16-13(15-2)17-12(9)18(3)11-6-4-10(14)5-7-11/h4-8H,1-3H3,(H,15,16,17). The molecule has 0 unspecified atom stereocenters. The van der Waals surface area contributed by atoms with E-state index in [4.69, 9.17) is 0 Å². The van der Waals surface area contributed by atoms with Gasteiger partial charge < -0.3 is 10.2 Å². The van der Waals surface area contributed by atoms with E-state index >= 15 is 0 Å². The van der Waals surface area contributed by atoms with Gasteiger partial charge in [0.15, 0.2) is 0 Å². The van der Waals surface area contributed by atoms with Crippen LogP contribution in [0.1, 0.15) is 5.56 Å². The highest BCUT2D eigenvalue weighted by atomic mass is 19.1. The van der Waals surface area contributed by atoms with E-state index in [0.29, 0.717) is 5.95 Å². The number of benzene rings is 1. The molecular weight excluding hydrogens is 231 g/mol. The molecule has 18 heavy (non-hydrogen) atoms. The van der Waals surface area contributed by atoms with Gasteiger partial charge in [-0.05, 0) is 31.2 Å². The molecule has 0 saturated heterocycles. The summed E-state index contributed by atoms with van der Waals surface area (Å²) < 4.78 is 12.9. The molecule has 1 N–H and O–H groups in total. The molecule has 1 aromatic heterocycles. The average molecular weight is 246 g/mol. The molecule has 0 amide bonds. The topological polar surface area (TPSA) is 41.1 Å². The van der Waals surface area contributed by atoms with E-state index in [1.54, 1.807) is 25.4 Å². The third kappa shape index (κ3) is 2.40. The van der Waals surface area contributed by atoms with Crippen molar-refractivity contribution >= 4 is 17.5 Å². The maximum atomic E-state index is 12.9. The number of hydrogen-bond donors (Lipinski definition) is 1. The monoisotopic (exact) mass is 246 g/mol. The van der Waals surface area contributed by atoms with Gasteiger partial charge in [-0.3, -0.25) is 0 Å². The Morgan fingerprint density at radius 1 is 1.22 bits per heavy atom. The van der Waals surface area contributed by atoms with E-state index < -0.39 is 0 Å². The Balaban J connectivity index is 2.38. The van der Waals surface area contributed by atoms with E-state index in [2.05, 4.69) is 15.3 Å². The minimum absolute atomic E-state index is 0.248. The van der Waals surface area contributed by atoms with Gasteiger partial charge in [0, 0.05) is 31.5 Å². The van der Waals surface area contributed by atoms with Crippen LogP contribution in [0.15, 0.2) is 30.5 Å². The Morgan fingerprint density at radius 3 is 2.50 bits per heavy atom. The summed E-state index contributed by atoms with van der Waals surface area (Å²) in [5, 5.41) is 2.90. The molecule has 94 valence electrons. The fourth-order valence-corrected chi connectivity index (χ4v) is 1.68. The van der Waals surface area contributed by atoms with Crippen molar-refractivity contribution in [2.24, 2.45) is 0 Å². The first-order valence-corrected chi connectivity index (χ1v) is 5.62. The van der Waals surface area contributed by atoms with Gasteiger partial charge in [0.2, 0.25) is 5.95 Å². The molecule has 0 aliphatic rings. The van der Waals surface area contributed by atoms with Crippen molar-refractivity contribution in [1.29, 1.82) is 0 Å². The minimum Gasteiger partial charge on any atom is -0.357 e. The summed E-state index contributed by atoms with van der Waals surface area (Å²) in [7, 11) is 3.66. The lowest BCUT2D eigenvalue weighted by atomic mass is 10.2. The van der Waals surface area contributed by atoms with Gasteiger partial charge in [-0.1, -0.05) is 0 Å². The Labute approximate surface area is 105 Å². The van der Waals surface area contributed by atoms with Crippen LogP contribution in [-0.4, -0.2) is 24.1 Å². The van der Waals surface area contributed by atoms with Crippen molar-refractivity contribution < 1.29 is 4.39 Å². The number of nitrogens with zero attached hydrogens (tertiary/aromatic N) is 3. The summed E-state index contributed by atoms with van der Waals surface area (Å²) in [4.78, 5) is 10.4. The molecule has 0 spiro atoms. The maximum Gasteiger partial charge on any atom is 0.224 e. The Kier molecular flexibility index (Phi) is 3.41. The average Bonchev–Trinajstić information content (AvgIpc) is 2.39. The van der Waals surface area contributed by atoms with Crippen LogP contribution in [-0.2, 0) is 0 Å². The molecule has 4 nitrogen and oxygen atoms in total. The quantitative estimate of drug-likeness (QED) is 0.904. The Morgan fingerprint density at radius 2 is 1.89 bits per heavy atom. The van der Waals surface area contributed by atoms with Crippen molar-refractivity contribution in [1.82, 2.24) is 9.97 Å². The van der Waals surface area contributed by atoms with Gasteiger partial charge in [-0.2, -0.15) is 4.98 Å². The van der Waals surface area contributed by atoms with Gasteiger partial charge in [-0.25, -0.2) is 9.37 Å². The summed E-state index contributed by atoms with van der Waals surface area (Å²) >= 11 is 0. The molecule has 0 bridgehead atoms. The second-order valence-corrected chi connectivity index (χ2v) is 3.99. The predicted octanol–water partition coefficient (Wildman–Crippen LogP) is 2.73. The van der Waals surface area contributed by atoms with E-state index in [9.17, 15) is 4.39 Å². The van der Waals surface area contributed by atoms with Gasteiger partial charge in [0.25, 0.3) is 0 Å². The number of anilines is 3. The van der Waals surface area contributed by atoms with E-state index in [-0.39, 0.29) is 5.82 Å². The van der Waals surface area contributed by atoms with Crippen LogP contribution < -0.4 is 10.2 Å². The lowest BCUT2D eigenvalue weighted by Crippen LogP contribution is -2.14. The molecule has 0 radical (unpaired) electrons. The van der Waals surface area contributed by atoms with Crippen LogP contribution in [0, 0.1) is 12.7 Å². The van der Waals surface area contributed by atoms with E-state index in [0.717, 1.165) is 17.1 Å². The summed E-state index contributed by atoms with van der Waals surface area (Å²) in [6, 6.07) is 6.30. The summed E-state index contributed by atoms with van der Waals surface area (Å²) in [6.07, 6.45) is 1.76. The number of aromatic nitrogens is 2. The smallest absolute Gasteiger partial charge is 0.224 e. The lowest BCUT2D eigenvalue weighted by Gasteiger charge is -2.20. The Hall–Kier alpha value is -2.17. The highest BCUT2D eigenvalue weighted by Gasteiger charge is 2.10. The number of rotatable bonds is 3. The number of hydrogen-bond acceptors (Lipinski definition) is 4. The zero-order chi connectivity index (χ0) is 13.1. The van der Waals surface area contributed by atoms with Crippen LogP contribution >= 0.6 is 0 Å². The van der Waals surface area contributed by atoms with Crippen LogP contribution in [0.4, 0.5) is 21.8 Å². The summed E-state index contributed by atoms with van der Waals surface area (Å²) in [5.41, 5.74) is 1.83. The first kappa shape index (κ1) is 12.3. The van der Waals surface area contributed by atoms with Crippen molar-refractivity contribution in [3.8, 4) is 0 Å². The Bertz CT molecular complexity index is 539. The first-order chi connectivity index (χ1) is 8.61. The van der Waals surface area contributed by atoms with E-state index in [1.807, 2.05) is 18.9 Å². The molecule has 0 saturated carbocycles. The van der Waals surface area contributed by atoms with Crippen LogP contribution in [0.3, 0.4) is 0 Å².